The lowest BCUT2D eigenvalue weighted by atomic mass is 10.1. The first kappa shape index (κ1) is 11.2. The Hall–Kier alpha value is -1.65. The number of aromatic nitrogens is 2. The number of hydrogen-bond acceptors (Lipinski definition) is 3. The fraction of sp³-hybridized carbons (Fsp3) is 0.267. The highest BCUT2D eigenvalue weighted by Crippen LogP contribution is 2.34. The first-order chi connectivity index (χ1) is 9.42. The minimum Gasteiger partial charge on any atom is -0.309 e. The maximum Gasteiger partial charge on any atom is 0.0938 e. The Labute approximate surface area is 115 Å². The van der Waals surface area contributed by atoms with E-state index < -0.39 is 0 Å². The number of fused-ring (bicyclic) bond motifs is 1. The van der Waals surface area contributed by atoms with Crippen LogP contribution in [0.3, 0.4) is 0 Å². The predicted molar refractivity (Wildman–Crippen MR) is 79.4 cm³/mol. The lowest BCUT2D eigenvalue weighted by Crippen LogP contribution is -2.12. The van der Waals surface area contributed by atoms with Gasteiger partial charge in [-0.25, -0.2) is 0 Å². The summed E-state index contributed by atoms with van der Waals surface area (Å²) in [6.07, 6.45) is 2.45. The van der Waals surface area contributed by atoms with Crippen LogP contribution in [-0.4, -0.2) is 16.7 Å². The number of nitrogens with one attached hydrogen (secondary N) is 2. The molecule has 2 aromatic heterocycles. The quantitative estimate of drug-likeness (QED) is 0.744. The van der Waals surface area contributed by atoms with Crippen LogP contribution >= 0.6 is 11.3 Å². The summed E-state index contributed by atoms with van der Waals surface area (Å²) < 4.78 is 1.32. The van der Waals surface area contributed by atoms with Crippen LogP contribution in [-0.2, 0) is 0 Å². The van der Waals surface area contributed by atoms with Crippen molar-refractivity contribution in [3.8, 4) is 11.3 Å². The molecule has 1 unspecified atom stereocenters. The average Bonchev–Trinajstić information content (AvgIpc) is 3.18. The molecule has 0 bridgehead atoms. The topological polar surface area (TPSA) is 40.7 Å². The summed E-state index contributed by atoms with van der Waals surface area (Å²) in [4.78, 5) is 0. The van der Waals surface area contributed by atoms with Crippen molar-refractivity contribution in [3.05, 3.63) is 41.4 Å². The molecule has 0 radical (unpaired) electrons. The molecule has 1 aliphatic rings. The fourth-order valence-corrected chi connectivity index (χ4v) is 3.73. The second-order valence-corrected chi connectivity index (χ2v) is 5.91. The van der Waals surface area contributed by atoms with Gasteiger partial charge in [-0.2, -0.15) is 5.10 Å². The Bertz CT molecular complexity index is 707. The van der Waals surface area contributed by atoms with E-state index in [1.165, 1.54) is 34.2 Å². The molecule has 0 amide bonds. The van der Waals surface area contributed by atoms with Gasteiger partial charge in [0.15, 0.2) is 0 Å². The van der Waals surface area contributed by atoms with Crippen molar-refractivity contribution in [3.63, 3.8) is 0 Å². The van der Waals surface area contributed by atoms with Crippen LogP contribution < -0.4 is 5.32 Å². The van der Waals surface area contributed by atoms with E-state index in [0.29, 0.717) is 6.04 Å². The van der Waals surface area contributed by atoms with E-state index in [1.54, 1.807) is 11.3 Å². The van der Waals surface area contributed by atoms with Gasteiger partial charge in [-0.1, -0.05) is 18.2 Å². The number of hydrogen-bond donors (Lipinski definition) is 2. The van der Waals surface area contributed by atoms with Crippen molar-refractivity contribution in [2.75, 3.05) is 6.54 Å². The molecule has 3 aromatic rings. The first-order valence-corrected chi connectivity index (χ1v) is 7.55. The zero-order valence-corrected chi connectivity index (χ0v) is 11.3. The van der Waals surface area contributed by atoms with Crippen LogP contribution in [0.5, 0.6) is 0 Å². The number of rotatable bonds is 2. The molecule has 19 heavy (non-hydrogen) atoms. The largest absolute Gasteiger partial charge is 0.309 e. The van der Waals surface area contributed by atoms with Gasteiger partial charge in [0.25, 0.3) is 0 Å². The lowest BCUT2D eigenvalue weighted by Gasteiger charge is -2.05. The summed E-state index contributed by atoms with van der Waals surface area (Å²) >= 11 is 1.78. The molecular weight excluding hydrogens is 254 g/mol. The van der Waals surface area contributed by atoms with Gasteiger partial charge in [0.1, 0.15) is 0 Å². The van der Waals surface area contributed by atoms with Crippen LogP contribution in [0.25, 0.3) is 21.3 Å². The molecule has 3 nitrogen and oxygen atoms in total. The maximum atomic E-state index is 4.50. The Morgan fingerprint density at radius 1 is 1.26 bits per heavy atom. The Balaban J connectivity index is 1.76. The van der Waals surface area contributed by atoms with Gasteiger partial charge in [-0.15, -0.1) is 11.3 Å². The van der Waals surface area contributed by atoms with Crippen LogP contribution in [0, 0.1) is 0 Å². The average molecular weight is 269 g/mol. The van der Waals surface area contributed by atoms with Gasteiger partial charge in [0, 0.05) is 27.1 Å². The maximum absolute atomic E-state index is 4.50. The van der Waals surface area contributed by atoms with Crippen LogP contribution in [0.1, 0.15) is 24.6 Å². The predicted octanol–water partition coefficient (Wildman–Crippen LogP) is 3.72. The van der Waals surface area contributed by atoms with E-state index >= 15 is 0 Å². The Morgan fingerprint density at radius 3 is 3.11 bits per heavy atom. The van der Waals surface area contributed by atoms with E-state index in [0.717, 1.165) is 12.2 Å². The first-order valence-electron chi connectivity index (χ1n) is 6.67. The third-order valence-electron chi connectivity index (χ3n) is 3.79. The second-order valence-electron chi connectivity index (χ2n) is 5.00. The highest BCUT2D eigenvalue weighted by Gasteiger charge is 2.19. The smallest absolute Gasteiger partial charge is 0.0938 e. The molecule has 1 saturated heterocycles. The number of nitrogens with zero attached hydrogens (tertiary/aromatic N) is 1. The highest BCUT2D eigenvalue weighted by atomic mass is 32.1. The molecule has 1 fully saturated rings. The summed E-state index contributed by atoms with van der Waals surface area (Å²) in [5.41, 5.74) is 3.50. The third kappa shape index (κ3) is 1.88. The molecule has 4 heteroatoms. The van der Waals surface area contributed by atoms with Gasteiger partial charge in [-0.05, 0) is 31.5 Å². The van der Waals surface area contributed by atoms with Gasteiger partial charge in [-0.3, -0.25) is 5.10 Å². The molecule has 1 aromatic carbocycles. The number of H-pyrrole nitrogens is 1. The van der Waals surface area contributed by atoms with E-state index in [2.05, 4.69) is 51.2 Å². The normalized spacial score (nSPS) is 19.3. The minimum atomic E-state index is 0.450. The SMILES string of the molecule is c1ccc2c(-c3cc(C4CCCN4)[nH]n3)csc2c1. The van der Waals surface area contributed by atoms with Crippen LogP contribution in [0.2, 0.25) is 0 Å². The standard InChI is InChI=1S/C15H15N3S/c1-2-6-15-10(4-1)11(9-19-15)13-8-14(18-17-13)12-5-3-7-16-12/h1-2,4,6,8-9,12,16H,3,5,7H2,(H,17,18). The molecule has 0 spiro atoms. The summed E-state index contributed by atoms with van der Waals surface area (Å²) in [7, 11) is 0. The molecule has 1 atom stereocenters. The van der Waals surface area contributed by atoms with E-state index in [4.69, 9.17) is 0 Å². The molecule has 4 rings (SSSR count). The Morgan fingerprint density at radius 2 is 2.21 bits per heavy atom. The molecule has 2 N–H and O–H groups in total. The van der Waals surface area contributed by atoms with Crippen LogP contribution in [0.15, 0.2) is 35.7 Å². The van der Waals surface area contributed by atoms with Crippen molar-refractivity contribution >= 4 is 21.4 Å². The van der Waals surface area contributed by atoms with E-state index in [1.807, 2.05) is 0 Å². The fourth-order valence-electron chi connectivity index (χ4n) is 2.78. The summed E-state index contributed by atoms with van der Waals surface area (Å²) in [6.45, 7) is 1.11. The molecule has 96 valence electrons. The Kier molecular flexibility index (Phi) is 2.64. The van der Waals surface area contributed by atoms with Crippen molar-refractivity contribution in [1.82, 2.24) is 15.5 Å². The summed E-state index contributed by atoms with van der Waals surface area (Å²) in [5.74, 6) is 0. The number of benzene rings is 1. The monoisotopic (exact) mass is 269 g/mol. The second kappa shape index (κ2) is 4.47. The van der Waals surface area contributed by atoms with Gasteiger partial charge >= 0.3 is 0 Å². The molecule has 1 aliphatic heterocycles. The summed E-state index contributed by atoms with van der Waals surface area (Å²) in [6, 6.07) is 11.1. The van der Waals surface area contributed by atoms with Crippen molar-refractivity contribution < 1.29 is 0 Å². The number of aromatic amines is 1. The lowest BCUT2D eigenvalue weighted by molar-refractivity contribution is 0.625. The molecular formula is C15H15N3S. The van der Waals surface area contributed by atoms with Gasteiger partial charge in [0.2, 0.25) is 0 Å². The van der Waals surface area contributed by atoms with E-state index in [-0.39, 0.29) is 0 Å². The highest BCUT2D eigenvalue weighted by molar-refractivity contribution is 7.17. The molecule has 0 saturated carbocycles. The van der Waals surface area contributed by atoms with Crippen molar-refractivity contribution in [2.24, 2.45) is 0 Å². The molecule has 3 heterocycles. The molecule has 0 aliphatic carbocycles. The van der Waals surface area contributed by atoms with Crippen molar-refractivity contribution in [1.29, 1.82) is 0 Å². The van der Waals surface area contributed by atoms with Crippen LogP contribution in [0.4, 0.5) is 0 Å². The van der Waals surface area contributed by atoms with Gasteiger partial charge in [0.05, 0.1) is 11.4 Å². The van der Waals surface area contributed by atoms with Crippen molar-refractivity contribution in [2.45, 2.75) is 18.9 Å². The zero-order chi connectivity index (χ0) is 12.7. The zero-order valence-electron chi connectivity index (χ0n) is 10.5. The number of thiophene rings is 1. The van der Waals surface area contributed by atoms with Gasteiger partial charge < -0.3 is 5.32 Å². The minimum absolute atomic E-state index is 0.450. The van der Waals surface area contributed by atoms with E-state index in [9.17, 15) is 0 Å². The third-order valence-corrected chi connectivity index (χ3v) is 4.75. The summed E-state index contributed by atoms with van der Waals surface area (Å²) in [5, 5.41) is 14.7.